The molecule has 4 nitrogen and oxygen atoms in total. The number of aromatic nitrogens is 1. The lowest BCUT2D eigenvalue weighted by atomic mass is 10.2. The van der Waals surface area contributed by atoms with Crippen LogP contribution in [-0.4, -0.2) is 23.2 Å². The van der Waals surface area contributed by atoms with Gasteiger partial charge in [0.2, 0.25) is 0 Å². The number of thiazole rings is 1. The molecule has 0 spiro atoms. The second kappa shape index (κ2) is 7.44. The van der Waals surface area contributed by atoms with E-state index in [0.717, 1.165) is 32.2 Å². The van der Waals surface area contributed by atoms with Gasteiger partial charge in [-0.05, 0) is 12.8 Å². The molecule has 1 heterocycles. The molecule has 6 heteroatoms. The SMILES string of the molecule is N#Cc1sc(NCCCCCCO)nc1Cl. The molecule has 1 aromatic heterocycles. The maximum Gasteiger partial charge on any atom is 0.185 e. The van der Waals surface area contributed by atoms with E-state index in [1.165, 1.54) is 11.3 Å². The number of aliphatic hydroxyl groups excluding tert-OH is 1. The molecule has 0 aromatic carbocycles. The first-order chi connectivity index (χ1) is 7.77. The van der Waals surface area contributed by atoms with Crippen LogP contribution in [0.25, 0.3) is 0 Å². The molecule has 0 atom stereocenters. The van der Waals surface area contributed by atoms with Crippen molar-refractivity contribution in [3.63, 3.8) is 0 Å². The average Bonchev–Trinajstić information content (AvgIpc) is 2.64. The van der Waals surface area contributed by atoms with Crippen LogP contribution in [0, 0.1) is 11.3 Å². The summed E-state index contributed by atoms with van der Waals surface area (Å²) in [5.41, 5.74) is 0. The predicted octanol–water partition coefficient (Wildman–Crippen LogP) is 2.63. The van der Waals surface area contributed by atoms with E-state index in [-0.39, 0.29) is 11.8 Å². The molecule has 0 unspecified atom stereocenters. The molecule has 0 amide bonds. The van der Waals surface area contributed by atoms with Crippen LogP contribution < -0.4 is 5.32 Å². The third-order valence-corrected chi connectivity index (χ3v) is 3.35. The summed E-state index contributed by atoms with van der Waals surface area (Å²) in [6.07, 6.45) is 4.01. The molecule has 0 saturated carbocycles. The minimum absolute atomic E-state index is 0.265. The van der Waals surface area contributed by atoms with E-state index in [0.29, 0.717) is 10.0 Å². The molecule has 88 valence electrons. The number of hydrogen-bond donors (Lipinski definition) is 2. The van der Waals surface area contributed by atoms with E-state index >= 15 is 0 Å². The Hall–Kier alpha value is -0.830. The maximum absolute atomic E-state index is 8.68. The van der Waals surface area contributed by atoms with E-state index in [9.17, 15) is 0 Å². The summed E-state index contributed by atoms with van der Waals surface area (Å²) in [5.74, 6) is 0. The number of halogens is 1. The Morgan fingerprint density at radius 2 is 2.12 bits per heavy atom. The standard InChI is InChI=1S/C10H14ClN3OS/c11-9-8(7-12)16-10(14-9)13-5-3-1-2-4-6-15/h15H,1-6H2,(H,13,14). The molecule has 16 heavy (non-hydrogen) atoms. The number of nitrogens with one attached hydrogen (secondary N) is 1. The van der Waals surface area contributed by atoms with Crippen molar-refractivity contribution in [2.45, 2.75) is 25.7 Å². The summed E-state index contributed by atoms with van der Waals surface area (Å²) in [4.78, 5) is 4.47. The van der Waals surface area contributed by atoms with Crippen LogP contribution in [0.15, 0.2) is 0 Å². The van der Waals surface area contributed by atoms with Crippen LogP contribution in [0.1, 0.15) is 30.6 Å². The number of unbranched alkanes of at least 4 members (excludes halogenated alkanes) is 3. The largest absolute Gasteiger partial charge is 0.396 e. The molecule has 0 saturated heterocycles. The number of nitrogens with zero attached hydrogens (tertiary/aromatic N) is 2. The highest BCUT2D eigenvalue weighted by atomic mass is 35.5. The Kier molecular flexibility index (Phi) is 6.16. The highest BCUT2D eigenvalue weighted by Gasteiger charge is 2.07. The van der Waals surface area contributed by atoms with E-state index < -0.39 is 0 Å². The minimum Gasteiger partial charge on any atom is -0.396 e. The van der Waals surface area contributed by atoms with Crippen LogP contribution in [0.5, 0.6) is 0 Å². The van der Waals surface area contributed by atoms with Gasteiger partial charge < -0.3 is 10.4 Å². The van der Waals surface area contributed by atoms with Gasteiger partial charge in [0.05, 0.1) is 0 Å². The fourth-order valence-corrected chi connectivity index (χ4v) is 2.20. The van der Waals surface area contributed by atoms with Gasteiger partial charge in [-0.25, -0.2) is 4.98 Å². The van der Waals surface area contributed by atoms with Gasteiger partial charge >= 0.3 is 0 Å². The second-order valence-corrected chi connectivity index (χ2v) is 4.67. The van der Waals surface area contributed by atoms with Gasteiger partial charge in [0.1, 0.15) is 10.9 Å². The first-order valence-corrected chi connectivity index (χ1v) is 6.38. The van der Waals surface area contributed by atoms with Gasteiger partial charge in [-0.3, -0.25) is 0 Å². The summed E-state index contributed by atoms with van der Waals surface area (Å²) >= 11 is 7.01. The molecular weight excluding hydrogens is 246 g/mol. The second-order valence-electron chi connectivity index (χ2n) is 3.32. The molecule has 0 aliphatic heterocycles. The summed E-state index contributed by atoms with van der Waals surface area (Å²) in [6.45, 7) is 1.08. The Bertz CT molecular complexity index is 361. The average molecular weight is 260 g/mol. The normalized spacial score (nSPS) is 10.1. The molecule has 0 aliphatic carbocycles. The Morgan fingerprint density at radius 1 is 1.38 bits per heavy atom. The first-order valence-electron chi connectivity index (χ1n) is 5.19. The lowest BCUT2D eigenvalue weighted by Crippen LogP contribution is -2.00. The van der Waals surface area contributed by atoms with Gasteiger partial charge in [0, 0.05) is 13.2 Å². The summed E-state index contributed by atoms with van der Waals surface area (Å²) < 4.78 is 0. The number of aliphatic hydroxyl groups is 1. The molecule has 1 aromatic rings. The topological polar surface area (TPSA) is 68.9 Å². The molecule has 0 bridgehead atoms. The molecule has 0 aliphatic rings. The Balaban J connectivity index is 2.20. The van der Waals surface area contributed by atoms with Gasteiger partial charge in [0.15, 0.2) is 10.3 Å². The number of anilines is 1. The van der Waals surface area contributed by atoms with Crippen molar-refractivity contribution in [3.05, 3.63) is 10.0 Å². The fourth-order valence-electron chi connectivity index (χ4n) is 1.23. The highest BCUT2D eigenvalue weighted by molar-refractivity contribution is 7.16. The van der Waals surface area contributed by atoms with Crippen LogP contribution in [0.3, 0.4) is 0 Å². The van der Waals surface area contributed by atoms with Gasteiger partial charge in [-0.1, -0.05) is 35.8 Å². The van der Waals surface area contributed by atoms with E-state index in [1.54, 1.807) is 0 Å². The summed E-state index contributed by atoms with van der Waals surface area (Å²) in [5, 5.41) is 21.4. The zero-order chi connectivity index (χ0) is 11.8. The number of nitriles is 1. The molecular formula is C10H14ClN3OS. The maximum atomic E-state index is 8.68. The zero-order valence-electron chi connectivity index (χ0n) is 8.87. The van der Waals surface area contributed by atoms with Crippen molar-refractivity contribution in [3.8, 4) is 6.07 Å². The number of hydrogen-bond acceptors (Lipinski definition) is 5. The Labute approximate surface area is 104 Å². The molecule has 0 fully saturated rings. The first kappa shape index (κ1) is 13.2. The third-order valence-electron chi connectivity index (χ3n) is 2.05. The van der Waals surface area contributed by atoms with E-state index in [4.69, 9.17) is 22.0 Å². The quantitative estimate of drug-likeness (QED) is 0.739. The van der Waals surface area contributed by atoms with Crippen molar-refractivity contribution in [2.75, 3.05) is 18.5 Å². The van der Waals surface area contributed by atoms with E-state index in [1.807, 2.05) is 6.07 Å². The highest BCUT2D eigenvalue weighted by Crippen LogP contribution is 2.25. The zero-order valence-corrected chi connectivity index (χ0v) is 10.4. The minimum atomic E-state index is 0.265. The summed E-state index contributed by atoms with van der Waals surface area (Å²) in [6, 6.07) is 1.99. The monoisotopic (exact) mass is 259 g/mol. The van der Waals surface area contributed by atoms with Gasteiger partial charge in [0.25, 0.3) is 0 Å². The van der Waals surface area contributed by atoms with E-state index in [2.05, 4.69) is 10.3 Å². The molecule has 2 N–H and O–H groups in total. The van der Waals surface area contributed by atoms with Crippen molar-refractivity contribution in [1.29, 1.82) is 5.26 Å². The lowest BCUT2D eigenvalue weighted by molar-refractivity contribution is 0.283. The van der Waals surface area contributed by atoms with Crippen molar-refractivity contribution in [2.24, 2.45) is 0 Å². The molecule has 0 radical (unpaired) electrons. The fraction of sp³-hybridized carbons (Fsp3) is 0.600. The van der Waals surface area contributed by atoms with Crippen LogP contribution in [-0.2, 0) is 0 Å². The third kappa shape index (κ3) is 4.35. The van der Waals surface area contributed by atoms with Crippen molar-refractivity contribution >= 4 is 28.1 Å². The van der Waals surface area contributed by atoms with Crippen LogP contribution in [0.4, 0.5) is 5.13 Å². The molecule has 1 rings (SSSR count). The smallest absolute Gasteiger partial charge is 0.185 e. The number of rotatable bonds is 7. The lowest BCUT2D eigenvalue weighted by Gasteiger charge is -2.01. The Morgan fingerprint density at radius 3 is 2.75 bits per heavy atom. The van der Waals surface area contributed by atoms with Gasteiger partial charge in [-0.2, -0.15) is 5.26 Å². The summed E-state index contributed by atoms with van der Waals surface area (Å²) in [7, 11) is 0. The van der Waals surface area contributed by atoms with Crippen LogP contribution >= 0.6 is 22.9 Å². The van der Waals surface area contributed by atoms with Crippen LogP contribution in [0.2, 0.25) is 5.15 Å². The predicted molar refractivity (Wildman–Crippen MR) is 65.9 cm³/mol. The van der Waals surface area contributed by atoms with Gasteiger partial charge in [-0.15, -0.1) is 0 Å². The van der Waals surface area contributed by atoms with Crippen molar-refractivity contribution in [1.82, 2.24) is 4.98 Å². The van der Waals surface area contributed by atoms with Crippen molar-refractivity contribution < 1.29 is 5.11 Å².